The molecule has 2 rings (SSSR count). The lowest BCUT2D eigenvalue weighted by atomic mass is 9.99. The number of carbonyl (C=O) groups excluding carboxylic acids is 1. The summed E-state index contributed by atoms with van der Waals surface area (Å²) in [6.07, 6.45) is 3.29. The second kappa shape index (κ2) is 5.07. The van der Waals surface area contributed by atoms with Crippen LogP contribution in [0.1, 0.15) is 12.7 Å². The Morgan fingerprint density at radius 3 is 2.94 bits per heavy atom. The number of aromatic amines is 1. The smallest absolute Gasteiger partial charge is 0.317 e. The van der Waals surface area contributed by atoms with Gasteiger partial charge >= 0.3 is 12.0 Å². The van der Waals surface area contributed by atoms with Crippen molar-refractivity contribution < 1.29 is 14.7 Å². The lowest BCUT2D eigenvalue weighted by Crippen LogP contribution is -2.38. The van der Waals surface area contributed by atoms with Crippen molar-refractivity contribution in [2.45, 2.75) is 13.5 Å². The van der Waals surface area contributed by atoms with Crippen molar-refractivity contribution in [3.05, 3.63) is 18.2 Å². The first-order valence-corrected chi connectivity index (χ1v) is 5.81. The Morgan fingerprint density at radius 2 is 2.39 bits per heavy atom. The van der Waals surface area contributed by atoms with Crippen molar-refractivity contribution in [3.8, 4) is 0 Å². The minimum Gasteiger partial charge on any atom is -0.481 e. The summed E-state index contributed by atoms with van der Waals surface area (Å²) >= 11 is 0. The van der Waals surface area contributed by atoms with E-state index in [2.05, 4.69) is 15.3 Å². The minimum atomic E-state index is -0.844. The molecule has 1 saturated heterocycles. The van der Waals surface area contributed by atoms with Crippen LogP contribution in [0, 0.1) is 11.8 Å². The number of hydrogen-bond donors (Lipinski definition) is 3. The highest BCUT2D eigenvalue weighted by molar-refractivity contribution is 5.77. The molecule has 2 amide bonds. The third-order valence-electron chi connectivity index (χ3n) is 3.18. The molecular formula is C11H16N4O3. The predicted octanol–water partition coefficient (Wildman–Crippen LogP) is 0.272. The summed E-state index contributed by atoms with van der Waals surface area (Å²) in [6.45, 7) is 2.90. The van der Waals surface area contributed by atoms with Crippen molar-refractivity contribution in [2.24, 2.45) is 11.8 Å². The Labute approximate surface area is 104 Å². The molecule has 1 fully saturated rings. The lowest BCUT2D eigenvalue weighted by Gasteiger charge is -2.16. The molecule has 0 aromatic carbocycles. The van der Waals surface area contributed by atoms with Crippen LogP contribution in [0.15, 0.2) is 12.4 Å². The molecule has 0 aliphatic carbocycles. The standard InChI is InChI=1S/C11H16N4O3/c1-7-5-15(6-8(7)10(16)17)11(18)14-4-9-12-2-3-13-9/h2-3,7-8H,4-6H2,1H3,(H,12,13)(H,14,18)(H,16,17)/t7-,8-/m1/s1. The molecule has 18 heavy (non-hydrogen) atoms. The van der Waals surface area contributed by atoms with Crippen molar-refractivity contribution >= 4 is 12.0 Å². The average molecular weight is 252 g/mol. The van der Waals surface area contributed by atoms with Gasteiger partial charge < -0.3 is 20.3 Å². The van der Waals surface area contributed by atoms with Gasteiger partial charge in [0.1, 0.15) is 5.82 Å². The van der Waals surface area contributed by atoms with E-state index in [1.165, 1.54) is 4.90 Å². The first-order valence-electron chi connectivity index (χ1n) is 5.81. The zero-order chi connectivity index (χ0) is 13.1. The summed E-state index contributed by atoms with van der Waals surface area (Å²) in [5.41, 5.74) is 0. The number of aromatic nitrogens is 2. The number of H-pyrrole nitrogens is 1. The molecule has 1 aromatic rings. The molecule has 0 spiro atoms. The third-order valence-corrected chi connectivity index (χ3v) is 3.18. The van der Waals surface area contributed by atoms with Gasteiger partial charge in [0.05, 0.1) is 12.5 Å². The van der Waals surface area contributed by atoms with Gasteiger partial charge in [-0.05, 0) is 5.92 Å². The molecule has 1 aliphatic heterocycles. The Hall–Kier alpha value is -2.05. The number of rotatable bonds is 3. The maximum absolute atomic E-state index is 11.8. The number of carboxylic acids is 1. The van der Waals surface area contributed by atoms with Crippen LogP contribution >= 0.6 is 0 Å². The summed E-state index contributed by atoms with van der Waals surface area (Å²) < 4.78 is 0. The van der Waals surface area contributed by atoms with Crippen LogP contribution in [0.5, 0.6) is 0 Å². The van der Waals surface area contributed by atoms with E-state index in [1.54, 1.807) is 12.4 Å². The monoisotopic (exact) mass is 252 g/mol. The normalized spacial score (nSPS) is 23.1. The van der Waals surface area contributed by atoms with E-state index in [9.17, 15) is 9.59 Å². The Morgan fingerprint density at radius 1 is 1.61 bits per heavy atom. The number of carboxylic acid groups (broad SMARTS) is 1. The van der Waals surface area contributed by atoms with E-state index in [1.807, 2.05) is 6.92 Å². The van der Waals surface area contributed by atoms with E-state index < -0.39 is 11.9 Å². The number of imidazole rings is 1. The number of nitrogens with one attached hydrogen (secondary N) is 2. The molecule has 0 unspecified atom stereocenters. The number of urea groups is 1. The van der Waals surface area contributed by atoms with Crippen LogP contribution in [0.25, 0.3) is 0 Å². The van der Waals surface area contributed by atoms with Gasteiger partial charge in [-0.1, -0.05) is 6.92 Å². The first kappa shape index (κ1) is 12.4. The van der Waals surface area contributed by atoms with Gasteiger partial charge in [0.2, 0.25) is 0 Å². The first-order chi connectivity index (χ1) is 8.58. The highest BCUT2D eigenvalue weighted by Gasteiger charge is 2.36. The van der Waals surface area contributed by atoms with Crippen LogP contribution in [0.4, 0.5) is 4.79 Å². The topological polar surface area (TPSA) is 98.3 Å². The molecule has 2 atom stereocenters. The SMILES string of the molecule is C[C@@H]1CN(C(=O)NCc2ncc[nH]2)C[C@H]1C(=O)O. The summed E-state index contributed by atoms with van der Waals surface area (Å²) in [5, 5.41) is 11.7. The van der Waals surface area contributed by atoms with Gasteiger partial charge in [-0.25, -0.2) is 9.78 Å². The summed E-state index contributed by atoms with van der Waals surface area (Å²) in [7, 11) is 0. The van der Waals surface area contributed by atoms with E-state index in [0.717, 1.165) is 0 Å². The van der Waals surface area contributed by atoms with Gasteiger partial charge in [-0.15, -0.1) is 0 Å². The second-order valence-corrected chi connectivity index (χ2v) is 4.52. The molecule has 2 heterocycles. The number of likely N-dealkylation sites (tertiary alicyclic amines) is 1. The van der Waals surface area contributed by atoms with Crippen LogP contribution in [0.2, 0.25) is 0 Å². The highest BCUT2D eigenvalue weighted by atomic mass is 16.4. The average Bonchev–Trinajstić information content (AvgIpc) is 2.94. The highest BCUT2D eigenvalue weighted by Crippen LogP contribution is 2.22. The molecular weight excluding hydrogens is 236 g/mol. The molecule has 1 aromatic heterocycles. The quantitative estimate of drug-likeness (QED) is 0.719. The van der Waals surface area contributed by atoms with E-state index in [4.69, 9.17) is 5.11 Å². The van der Waals surface area contributed by atoms with Crippen LogP contribution in [-0.2, 0) is 11.3 Å². The Balaban J connectivity index is 1.85. The molecule has 1 aliphatic rings. The van der Waals surface area contributed by atoms with E-state index in [0.29, 0.717) is 18.9 Å². The number of aliphatic carboxylic acids is 1. The van der Waals surface area contributed by atoms with Crippen molar-refractivity contribution in [1.29, 1.82) is 0 Å². The molecule has 0 radical (unpaired) electrons. The lowest BCUT2D eigenvalue weighted by molar-refractivity contribution is -0.142. The maximum atomic E-state index is 11.8. The zero-order valence-electron chi connectivity index (χ0n) is 10.1. The minimum absolute atomic E-state index is 0.0168. The number of nitrogens with zero attached hydrogens (tertiary/aromatic N) is 2. The number of carbonyl (C=O) groups is 2. The van der Waals surface area contributed by atoms with Crippen LogP contribution in [0.3, 0.4) is 0 Å². The van der Waals surface area contributed by atoms with Crippen molar-refractivity contribution in [2.75, 3.05) is 13.1 Å². The van der Waals surface area contributed by atoms with Gasteiger partial charge in [0, 0.05) is 25.5 Å². The van der Waals surface area contributed by atoms with Gasteiger partial charge in [-0.3, -0.25) is 4.79 Å². The summed E-state index contributed by atoms with van der Waals surface area (Å²) in [5.74, 6) is -0.662. The number of hydrogen-bond acceptors (Lipinski definition) is 3. The second-order valence-electron chi connectivity index (χ2n) is 4.52. The molecule has 98 valence electrons. The zero-order valence-corrected chi connectivity index (χ0v) is 10.1. The van der Waals surface area contributed by atoms with Crippen LogP contribution < -0.4 is 5.32 Å². The molecule has 0 saturated carbocycles. The Kier molecular flexibility index (Phi) is 3.50. The molecule has 3 N–H and O–H groups in total. The fourth-order valence-electron chi connectivity index (χ4n) is 2.12. The van der Waals surface area contributed by atoms with Crippen LogP contribution in [-0.4, -0.2) is 45.1 Å². The van der Waals surface area contributed by atoms with E-state index >= 15 is 0 Å². The predicted molar refractivity (Wildman–Crippen MR) is 62.7 cm³/mol. The fourth-order valence-corrected chi connectivity index (χ4v) is 2.12. The maximum Gasteiger partial charge on any atom is 0.317 e. The van der Waals surface area contributed by atoms with Crippen molar-refractivity contribution in [1.82, 2.24) is 20.2 Å². The molecule has 7 heteroatoms. The summed E-state index contributed by atoms with van der Waals surface area (Å²) in [6, 6.07) is -0.248. The van der Waals surface area contributed by atoms with E-state index in [-0.39, 0.29) is 18.5 Å². The van der Waals surface area contributed by atoms with Crippen molar-refractivity contribution in [3.63, 3.8) is 0 Å². The molecule has 0 bridgehead atoms. The Bertz CT molecular complexity index is 432. The molecule has 7 nitrogen and oxygen atoms in total. The largest absolute Gasteiger partial charge is 0.481 e. The number of amides is 2. The van der Waals surface area contributed by atoms with Gasteiger partial charge in [0.25, 0.3) is 0 Å². The van der Waals surface area contributed by atoms with Gasteiger partial charge in [-0.2, -0.15) is 0 Å². The summed E-state index contributed by atoms with van der Waals surface area (Å²) in [4.78, 5) is 31.2. The fraction of sp³-hybridized carbons (Fsp3) is 0.545. The van der Waals surface area contributed by atoms with Gasteiger partial charge in [0.15, 0.2) is 0 Å². The third kappa shape index (κ3) is 2.61.